The van der Waals surface area contributed by atoms with E-state index in [4.69, 9.17) is 4.42 Å². The van der Waals surface area contributed by atoms with Crippen LogP contribution in [0.5, 0.6) is 0 Å². The molecule has 1 saturated heterocycles. The lowest BCUT2D eigenvalue weighted by Crippen LogP contribution is -2.49. The number of nitrogens with zero attached hydrogens (tertiary/aromatic N) is 2. The van der Waals surface area contributed by atoms with Gasteiger partial charge in [0.05, 0.1) is 6.26 Å². The van der Waals surface area contributed by atoms with Gasteiger partial charge in [-0.15, -0.1) is 0 Å². The number of rotatable bonds is 6. The number of piperazine rings is 1. The van der Waals surface area contributed by atoms with Crippen LogP contribution in [0.1, 0.15) is 23.9 Å². The number of benzene rings is 1. The number of hydrogen-bond donors (Lipinski definition) is 2. The fourth-order valence-electron chi connectivity index (χ4n) is 3.09. The van der Waals surface area contributed by atoms with Crippen LogP contribution in [0, 0.1) is 0 Å². The van der Waals surface area contributed by atoms with Crippen molar-refractivity contribution in [3.8, 4) is 0 Å². The van der Waals surface area contributed by atoms with Crippen LogP contribution in [0.25, 0.3) is 0 Å². The largest absolute Gasteiger partial charge is 0.459 e. The van der Waals surface area contributed by atoms with Crippen LogP contribution in [-0.2, 0) is 9.59 Å². The normalized spacial score (nSPS) is 14.5. The Kier molecular flexibility index (Phi) is 6.44. The van der Waals surface area contributed by atoms with Crippen LogP contribution in [0.15, 0.2) is 47.1 Å². The minimum atomic E-state index is -0.159. The maximum Gasteiger partial charge on any atom is 0.289 e. The van der Waals surface area contributed by atoms with Gasteiger partial charge < -0.3 is 20.0 Å². The quantitative estimate of drug-likeness (QED) is 0.795. The van der Waals surface area contributed by atoms with E-state index < -0.39 is 0 Å². The summed E-state index contributed by atoms with van der Waals surface area (Å²) in [4.78, 5) is 39.5. The van der Waals surface area contributed by atoms with Gasteiger partial charge in [0.25, 0.3) is 5.91 Å². The molecule has 1 aliphatic rings. The Morgan fingerprint density at radius 2 is 1.71 bits per heavy atom. The topological polar surface area (TPSA) is 94.9 Å². The second kappa shape index (κ2) is 9.18. The maximum absolute atomic E-state index is 12.3. The second-order valence-corrected chi connectivity index (χ2v) is 6.67. The molecule has 2 heterocycles. The molecule has 3 amide bonds. The summed E-state index contributed by atoms with van der Waals surface area (Å²) in [5, 5.41) is 5.53. The molecule has 1 aromatic carbocycles. The molecule has 8 nitrogen and oxygen atoms in total. The number of carbonyl (C=O) groups excluding carboxylic acids is 3. The predicted octanol–water partition coefficient (Wildman–Crippen LogP) is 2.02. The Morgan fingerprint density at radius 1 is 1.00 bits per heavy atom. The third-order valence-electron chi connectivity index (χ3n) is 4.51. The first kappa shape index (κ1) is 19.6. The number of hydrogen-bond acceptors (Lipinski definition) is 5. The van der Waals surface area contributed by atoms with Gasteiger partial charge in [-0.25, -0.2) is 0 Å². The van der Waals surface area contributed by atoms with Gasteiger partial charge >= 0.3 is 0 Å². The van der Waals surface area contributed by atoms with E-state index in [1.807, 2.05) is 0 Å². The average Bonchev–Trinajstić information content (AvgIpc) is 3.21. The second-order valence-electron chi connectivity index (χ2n) is 6.67. The summed E-state index contributed by atoms with van der Waals surface area (Å²) >= 11 is 0. The molecular formula is C20H24N4O4. The number of anilines is 2. The Balaban J connectivity index is 1.41. The third kappa shape index (κ3) is 5.43. The molecule has 1 fully saturated rings. The fourth-order valence-corrected chi connectivity index (χ4v) is 3.09. The van der Waals surface area contributed by atoms with E-state index in [9.17, 15) is 14.4 Å². The van der Waals surface area contributed by atoms with E-state index >= 15 is 0 Å². The summed E-state index contributed by atoms with van der Waals surface area (Å²) in [6.45, 7) is 4.72. The number of amides is 3. The number of furan rings is 1. The van der Waals surface area contributed by atoms with E-state index in [1.54, 1.807) is 41.3 Å². The van der Waals surface area contributed by atoms with Crippen LogP contribution in [0.4, 0.5) is 11.4 Å². The van der Waals surface area contributed by atoms with Crippen molar-refractivity contribution in [1.82, 2.24) is 9.80 Å². The lowest BCUT2D eigenvalue weighted by Gasteiger charge is -2.34. The van der Waals surface area contributed by atoms with Gasteiger partial charge in [0.2, 0.25) is 11.8 Å². The van der Waals surface area contributed by atoms with Gasteiger partial charge in [0.1, 0.15) is 0 Å². The number of carbonyl (C=O) groups is 3. The molecule has 0 aliphatic carbocycles. The van der Waals surface area contributed by atoms with Gasteiger partial charge in [0, 0.05) is 57.4 Å². The van der Waals surface area contributed by atoms with Crippen LogP contribution in [-0.4, -0.2) is 60.2 Å². The third-order valence-corrected chi connectivity index (χ3v) is 4.51. The van der Waals surface area contributed by atoms with E-state index in [2.05, 4.69) is 15.5 Å². The van der Waals surface area contributed by atoms with E-state index in [0.29, 0.717) is 43.2 Å². The van der Waals surface area contributed by atoms with Crippen LogP contribution in [0.3, 0.4) is 0 Å². The molecule has 0 saturated carbocycles. The highest BCUT2D eigenvalue weighted by Gasteiger charge is 2.23. The van der Waals surface area contributed by atoms with Gasteiger partial charge in [0.15, 0.2) is 5.76 Å². The van der Waals surface area contributed by atoms with Crippen molar-refractivity contribution in [2.45, 2.75) is 13.3 Å². The van der Waals surface area contributed by atoms with Crippen LogP contribution >= 0.6 is 0 Å². The standard InChI is InChI=1S/C20H24N4O4/c1-15(25)21-16-4-2-5-17(14-16)22-19(26)7-8-23-9-11-24(12-10-23)20(27)18-6-3-13-28-18/h2-6,13-14H,7-12H2,1H3,(H,21,25)(H,22,26). The zero-order valence-electron chi connectivity index (χ0n) is 15.8. The first-order chi connectivity index (χ1) is 13.5. The first-order valence-corrected chi connectivity index (χ1v) is 9.24. The molecule has 1 aromatic heterocycles. The minimum Gasteiger partial charge on any atom is -0.459 e. The maximum atomic E-state index is 12.3. The Morgan fingerprint density at radius 3 is 2.36 bits per heavy atom. The van der Waals surface area contributed by atoms with Gasteiger partial charge in [-0.2, -0.15) is 0 Å². The molecule has 0 radical (unpaired) electrons. The lowest BCUT2D eigenvalue weighted by atomic mass is 10.2. The molecular weight excluding hydrogens is 360 g/mol. The molecule has 0 unspecified atom stereocenters. The molecule has 1 aliphatic heterocycles. The van der Waals surface area contributed by atoms with E-state index in [0.717, 1.165) is 13.1 Å². The highest BCUT2D eigenvalue weighted by Crippen LogP contribution is 2.15. The van der Waals surface area contributed by atoms with Gasteiger partial charge in [-0.3, -0.25) is 19.3 Å². The minimum absolute atomic E-state index is 0.0888. The average molecular weight is 384 g/mol. The van der Waals surface area contributed by atoms with Crippen LogP contribution < -0.4 is 10.6 Å². The fraction of sp³-hybridized carbons (Fsp3) is 0.350. The monoisotopic (exact) mass is 384 g/mol. The summed E-state index contributed by atoms with van der Waals surface area (Å²) in [5.41, 5.74) is 1.28. The zero-order valence-corrected chi connectivity index (χ0v) is 15.8. The molecule has 2 aromatic rings. The molecule has 28 heavy (non-hydrogen) atoms. The molecule has 0 spiro atoms. The molecule has 0 atom stereocenters. The van der Waals surface area contributed by atoms with E-state index in [-0.39, 0.29) is 17.7 Å². The van der Waals surface area contributed by atoms with Crippen molar-refractivity contribution in [1.29, 1.82) is 0 Å². The molecule has 148 valence electrons. The smallest absolute Gasteiger partial charge is 0.289 e. The summed E-state index contributed by atoms with van der Waals surface area (Å²) < 4.78 is 5.16. The molecule has 8 heteroatoms. The van der Waals surface area contributed by atoms with Crippen molar-refractivity contribution >= 4 is 29.1 Å². The predicted molar refractivity (Wildman–Crippen MR) is 105 cm³/mol. The number of nitrogens with one attached hydrogen (secondary N) is 2. The van der Waals surface area contributed by atoms with Crippen molar-refractivity contribution in [3.05, 3.63) is 48.4 Å². The van der Waals surface area contributed by atoms with Crippen molar-refractivity contribution in [2.75, 3.05) is 43.4 Å². The highest BCUT2D eigenvalue weighted by atomic mass is 16.3. The summed E-state index contributed by atoms with van der Waals surface area (Å²) in [6.07, 6.45) is 1.85. The highest BCUT2D eigenvalue weighted by molar-refractivity contribution is 5.93. The lowest BCUT2D eigenvalue weighted by molar-refractivity contribution is -0.116. The summed E-state index contributed by atoms with van der Waals surface area (Å²) in [6, 6.07) is 10.4. The first-order valence-electron chi connectivity index (χ1n) is 9.24. The Bertz CT molecular complexity index is 826. The Labute approximate surface area is 163 Å². The molecule has 0 bridgehead atoms. The van der Waals surface area contributed by atoms with Crippen molar-refractivity contribution in [3.63, 3.8) is 0 Å². The van der Waals surface area contributed by atoms with E-state index in [1.165, 1.54) is 13.2 Å². The molecule has 2 N–H and O–H groups in total. The van der Waals surface area contributed by atoms with Gasteiger partial charge in [-0.1, -0.05) is 6.07 Å². The Hall–Kier alpha value is -3.13. The summed E-state index contributed by atoms with van der Waals surface area (Å²) in [7, 11) is 0. The van der Waals surface area contributed by atoms with Crippen molar-refractivity contribution < 1.29 is 18.8 Å². The molecule has 3 rings (SSSR count). The SMILES string of the molecule is CC(=O)Nc1cccc(NC(=O)CCN2CCN(C(=O)c3ccco3)CC2)c1. The zero-order chi connectivity index (χ0) is 19.9. The van der Waals surface area contributed by atoms with Gasteiger partial charge in [-0.05, 0) is 30.3 Å². The van der Waals surface area contributed by atoms with Crippen molar-refractivity contribution in [2.24, 2.45) is 0 Å². The summed E-state index contributed by atoms with van der Waals surface area (Å²) in [5.74, 6) is 0.0120. The van der Waals surface area contributed by atoms with Crippen LogP contribution in [0.2, 0.25) is 0 Å².